The fourth-order valence-electron chi connectivity index (χ4n) is 3.16. The average molecular weight is 323 g/mol. The quantitative estimate of drug-likeness (QED) is 0.597. The van der Waals surface area contributed by atoms with Crippen LogP contribution in [-0.4, -0.2) is 16.7 Å². The van der Waals surface area contributed by atoms with Gasteiger partial charge in [0, 0.05) is 25.6 Å². The summed E-state index contributed by atoms with van der Waals surface area (Å²) in [5.41, 5.74) is 2.66. The van der Waals surface area contributed by atoms with Crippen molar-refractivity contribution in [3.05, 3.63) is 71.8 Å². The summed E-state index contributed by atoms with van der Waals surface area (Å²) in [6.07, 6.45) is 3.89. The van der Waals surface area contributed by atoms with Crippen molar-refractivity contribution in [2.24, 2.45) is 0 Å². The number of nitrogens with zero attached hydrogens (tertiary/aromatic N) is 1. The third kappa shape index (κ3) is 6.29. The van der Waals surface area contributed by atoms with Gasteiger partial charge in [-0.25, -0.2) is 0 Å². The van der Waals surface area contributed by atoms with Crippen molar-refractivity contribution < 1.29 is 4.79 Å². The number of carbonyl (C=O) groups excluding carboxylic acids is 1. The molecule has 0 aliphatic rings. The molecule has 128 valence electrons. The lowest BCUT2D eigenvalue weighted by Gasteiger charge is -2.32. The lowest BCUT2D eigenvalue weighted by molar-refractivity contribution is -0.117. The molecule has 0 radical (unpaired) electrons. The van der Waals surface area contributed by atoms with E-state index in [0.29, 0.717) is 12.5 Å². The van der Waals surface area contributed by atoms with Crippen LogP contribution < -0.4 is 0 Å². The summed E-state index contributed by atoms with van der Waals surface area (Å²) in [6, 6.07) is 21.7. The Morgan fingerprint density at radius 3 is 1.79 bits per heavy atom. The number of benzene rings is 2. The summed E-state index contributed by atoms with van der Waals surface area (Å²) < 4.78 is 0. The smallest absolute Gasteiger partial charge is 0.129 e. The molecule has 0 amide bonds. The molecule has 0 aromatic heterocycles. The Morgan fingerprint density at radius 2 is 1.38 bits per heavy atom. The van der Waals surface area contributed by atoms with E-state index >= 15 is 0 Å². The van der Waals surface area contributed by atoms with E-state index < -0.39 is 0 Å². The van der Waals surface area contributed by atoms with Crippen molar-refractivity contribution in [3.63, 3.8) is 0 Å². The first-order valence-electron chi connectivity index (χ1n) is 9.00. The van der Waals surface area contributed by atoms with Gasteiger partial charge in [-0.2, -0.15) is 0 Å². The maximum atomic E-state index is 11.5. The minimum Gasteiger partial charge on any atom is -0.300 e. The van der Waals surface area contributed by atoms with Crippen LogP contribution in [0, 0.1) is 0 Å². The van der Waals surface area contributed by atoms with Gasteiger partial charge in [-0.15, -0.1) is 0 Å². The SMILES string of the molecule is CCC[C@H](CCC(C)=O)N(Cc1ccccc1)Cc1ccccc1. The predicted molar refractivity (Wildman–Crippen MR) is 101 cm³/mol. The molecule has 2 rings (SSSR count). The van der Waals surface area contributed by atoms with Crippen LogP contribution in [0.4, 0.5) is 0 Å². The molecule has 0 aliphatic carbocycles. The number of hydrogen-bond donors (Lipinski definition) is 0. The fraction of sp³-hybridized carbons (Fsp3) is 0.409. The lowest BCUT2D eigenvalue weighted by atomic mass is 10.0. The topological polar surface area (TPSA) is 20.3 Å². The zero-order valence-corrected chi connectivity index (χ0v) is 14.9. The third-order valence-electron chi connectivity index (χ3n) is 4.42. The number of hydrogen-bond acceptors (Lipinski definition) is 2. The van der Waals surface area contributed by atoms with Gasteiger partial charge >= 0.3 is 0 Å². The molecule has 1 atom stereocenters. The molecule has 0 spiro atoms. The molecule has 2 aromatic carbocycles. The number of carbonyl (C=O) groups is 1. The van der Waals surface area contributed by atoms with E-state index in [0.717, 1.165) is 32.4 Å². The average Bonchev–Trinajstić information content (AvgIpc) is 2.60. The van der Waals surface area contributed by atoms with E-state index in [-0.39, 0.29) is 5.78 Å². The lowest BCUT2D eigenvalue weighted by Crippen LogP contribution is -2.34. The number of Topliss-reactive ketones (excluding diaryl/α,β-unsaturated/α-hetero) is 1. The highest BCUT2D eigenvalue weighted by molar-refractivity contribution is 5.75. The van der Waals surface area contributed by atoms with E-state index in [9.17, 15) is 4.79 Å². The number of ketones is 1. The molecule has 0 unspecified atom stereocenters. The molecule has 0 bridgehead atoms. The second-order valence-electron chi connectivity index (χ2n) is 6.56. The summed E-state index contributed by atoms with van der Waals surface area (Å²) in [5.74, 6) is 0.287. The van der Waals surface area contributed by atoms with E-state index in [4.69, 9.17) is 0 Å². The Labute approximate surface area is 146 Å². The Hall–Kier alpha value is -1.93. The molecular formula is C22H29NO. The van der Waals surface area contributed by atoms with Gasteiger partial charge in [-0.3, -0.25) is 4.90 Å². The first kappa shape index (κ1) is 18.4. The standard InChI is InChI=1S/C22H29NO/c1-3-10-22(16-15-19(2)24)23(17-20-11-6-4-7-12-20)18-21-13-8-5-9-14-21/h4-9,11-14,22H,3,10,15-18H2,1-2H3/t22-/m1/s1. The Bertz CT molecular complexity index is 552. The van der Waals surface area contributed by atoms with Crippen LogP contribution in [0.15, 0.2) is 60.7 Å². The minimum absolute atomic E-state index is 0.287. The van der Waals surface area contributed by atoms with Crippen LogP contribution in [0.2, 0.25) is 0 Å². The van der Waals surface area contributed by atoms with Crippen molar-refractivity contribution in [3.8, 4) is 0 Å². The second kappa shape index (κ2) is 10.0. The van der Waals surface area contributed by atoms with Gasteiger partial charge in [-0.05, 0) is 30.9 Å². The summed E-state index contributed by atoms with van der Waals surface area (Å²) in [7, 11) is 0. The molecular weight excluding hydrogens is 294 g/mol. The molecule has 24 heavy (non-hydrogen) atoms. The highest BCUT2D eigenvalue weighted by Gasteiger charge is 2.19. The van der Waals surface area contributed by atoms with Gasteiger partial charge in [0.25, 0.3) is 0 Å². The second-order valence-corrected chi connectivity index (χ2v) is 6.56. The molecule has 2 aromatic rings. The molecule has 0 fully saturated rings. The molecule has 2 nitrogen and oxygen atoms in total. The van der Waals surface area contributed by atoms with Crippen LogP contribution in [0.1, 0.15) is 50.7 Å². The van der Waals surface area contributed by atoms with Crippen molar-refractivity contribution in [1.29, 1.82) is 0 Å². The van der Waals surface area contributed by atoms with E-state index in [1.807, 2.05) is 0 Å². The van der Waals surface area contributed by atoms with Gasteiger partial charge in [0.2, 0.25) is 0 Å². The van der Waals surface area contributed by atoms with E-state index in [1.54, 1.807) is 6.92 Å². The maximum Gasteiger partial charge on any atom is 0.129 e. The van der Waals surface area contributed by atoms with E-state index in [1.165, 1.54) is 11.1 Å². The van der Waals surface area contributed by atoms with Crippen LogP contribution in [0.25, 0.3) is 0 Å². The maximum absolute atomic E-state index is 11.5. The molecule has 0 aliphatic heterocycles. The fourth-order valence-corrected chi connectivity index (χ4v) is 3.16. The monoisotopic (exact) mass is 323 g/mol. The summed E-state index contributed by atoms with van der Waals surface area (Å²) in [5, 5.41) is 0. The van der Waals surface area contributed by atoms with E-state index in [2.05, 4.69) is 72.5 Å². The molecule has 0 saturated heterocycles. The summed E-state index contributed by atoms with van der Waals surface area (Å²) in [6.45, 7) is 5.78. The van der Waals surface area contributed by atoms with Crippen LogP contribution >= 0.6 is 0 Å². The molecule has 0 heterocycles. The first-order chi connectivity index (χ1) is 11.7. The Morgan fingerprint density at radius 1 is 0.875 bits per heavy atom. The van der Waals surface area contributed by atoms with Crippen molar-refractivity contribution in [2.75, 3.05) is 0 Å². The normalized spacial score (nSPS) is 12.3. The van der Waals surface area contributed by atoms with Gasteiger partial charge < -0.3 is 4.79 Å². The van der Waals surface area contributed by atoms with Crippen LogP contribution in [0.3, 0.4) is 0 Å². The largest absolute Gasteiger partial charge is 0.300 e. The van der Waals surface area contributed by atoms with Gasteiger partial charge in [0.15, 0.2) is 0 Å². The molecule has 0 N–H and O–H groups in total. The third-order valence-corrected chi connectivity index (χ3v) is 4.42. The summed E-state index contributed by atoms with van der Waals surface area (Å²) >= 11 is 0. The Kier molecular flexibility index (Phi) is 7.70. The van der Waals surface area contributed by atoms with Crippen molar-refractivity contribution >= 4 is 5.78 Å². The highest BCUT2D eigenvalue weighted by atomic mass is 16.1. The number of rotatable bonds is 10. The van der Waals surface area contributed by atoms with Crippen molar-refractivity contribution in [2.45, 2.75) is 58.7 Å². The van der Waals surface area contributed by atoms with Crippen LogP contribution in [-0.2, 0) is 17.9 Å². The van der Waals surface area contributed by atoms with Gasteiger partial charge in [-0.1, -0.05) is 74.0 Å². The molecule has 0 saturated carbocycles. The minimum atomic E-state index is 0.287. The zero-order valence-electron chi connectivity index (χ0n) is 14.9. The highest BCUT2D eigenvalue weighted by Crippen LogP contribution is 2.20. The summed E-state index contributed by atoms with van der Waals surface area (Å²) in [4.78, 5) is 14.0. The first-order valence-corrected chi connectivity index (χ1v) is 9.00. The van der Waals surface area contributed by atoms with Gasteiger partial charge in [0.05, 0.1) is 0 Å². The predicted octanol–water partition coefficient (Wildman–Crippen LogP) is 5.23. The Balaban J connectivity index is 2.16. The molecule has 2 heteroatoms. The van der Waals surface area contributed by atoms with Crippen molar-refractivity contribution in [1.82, 2.24) is 4.90 Å². The van der Waals surface area contributed by atoms with Crippen LogP contribution in [0.5, 0.6) is 0 Å². The zero-order chi connectivity index (χ0) is 17.2. The van der Waals surface area contributed by atoms with Gasteiger partial charge in [0.1, 0.15) is 5.78 Å².